The molecule has 2 heterocycles. The Morgan fingerprint density at radius 3 is 2.47 bits per heavy atom. The second-order valence-electron chi connectivity index (χ2n) is 8.41. The minimum absolute atomic E-state index is 0.123. The third-order valence-corrected chi connectivity index (χ3v) is 6.36. The Kier molecular flexibility index (Phi) is 5.13. The number of para-hydroxylation sites is 2. The molecule has 1 amide bonds. The summed E-state index contributed by atoms with van der Waals surface area (Å²) >= 11 is 0. The van der Waals surface area contributed by atoms with Gasteiger partial charge in [0.2, 0.25) is 0 Å². The fourth-order valence-electron chi connectivity index (χ4n) is 4.62. The van der Waals surface area contributed by atoms with Crippen molar-refractivity contribution >= 4 is 5.91 Å². The third kappa shape index (κ3) is 3.42. The number of nitrogens with zero attached hydrogens (tertiary/aromatic N) is 4. The van der Waals surface area contributed by atoms with E-state index in [1.54, 1.807) is 0 Å². The van der Waals surface area contributed by atoms with Crippen LogP contribution >= 0.6 is 0 Å². The smallest absolute Gasteiger partial charge is 0.272 e. The van der Waals surface area contributed by atoms with Crippen molar-refractivity contribution in [1.82, 2.24) is 24.9 Å². The summed E-state index contributed by atoms with van der Waals surface area (Å²) in [7, 11) is 0. The molecular formula is C26H27N5O. The lowest BCUT2D eigenvalue weighted by molar-refractivity contribution is 0.0944. The number of benzene rings is 2. The average Bonchev–Trinajstić information content (AvgIpc) is 3.48. The summed E-state index contributed by atoms with van der Waals surface area (Å²) in [6.45, 7) is 6.53. The fourth-order valence-corrected chi connectivity index (χ4v) is 4.62. The lowest BCUT2D eigenvalue weighted by Gasteiger charge is -2.08. The maximum absolute atomic E-state index is 13.2. The van der Waals surface area contributed by atoms with Gasteiger partial charge in [-0.3, -0.25) is 4.79 Å². The molecule has 5 rings (SSSR count). The van der Waals surface area contributed by atoms with E-state index in [4.69, 9.17) is 5.10 Å². The fraction of sp³-hybridized carbons (Fsp3) is 0.269. The minimum atomic E-state index is -0.123. The first kappa shape index (κ1) is 20.2. The van der Waals surface area contributed by atoms with Crippen LogP contribution in [0.2, 0.25) is 0 Å². The van der Waals surface area contributed by atoms with Crippen LogP contribution < -0.4 is 5.32 Å². The van der Waals surface area contributed by atoms with Crippen LogP contribution in [0.1, 0.15) is 50.7 Å². The molecule has 0 radical (unpaired) electrons. The van der Waals surface area contributed by atoms with Crippen molar-refractivity contribution in [3.05, 3.63) is 94.1 Å². The van der Waals surface area contributed by atoms with Gasteiger partial charge in [-0.2, -0.15) is 10.2 Å². The van der Waals surface area contributed by atoms with Crippen molar-refractivity contribution in [2.45, 2.75) is 46.6 Å². The van der Waals surface area contributed by atoms with E-state index in [2.05, 4.69) is 29.5 Å². The van der Waals surface area contributed by atoms with Gasteiger partial charge in [0.15, 0.2) is 5.69 Å². The van der Waals surface area contributed by atoms with Crippen LogP contribution in [0.5, 0.6) is 0 Å². The van der Waals surface area contributed by atoms with E-state index in [1.165, 1.54) is 0 Å². The summed E-state index contributed by atoms with van der Waals surface area (Å²) < 4.78 is 3.90. The quantitative estimate of drug-likeness (QED) is 0.515. The molecule has 0 bridgehead atoms. The van der Waals surface area contributed by atoms with Gasteiger partial charge in [0.1, 0.15) is 0 Å². The van der Waals surface area contributed by atoms with Gasteiger partial charge in [0.25, 0.3) is 5.91 Å². The number of rotatable bonds is 5. The van der Waals surface area contributed by atoms with E-state index < -0.39 is 0 Å². The molecule has 2 aromatic heterocycles. The number of aryl methyl sites for hydroxylation is 2. The van der Waals surface area contributed by atoms with Gasteiger partial charge in [0.05, 0.1) is 17.1 Å². The van der Waals surface area contributed by atoms with Gasteiger partial charge in [0, 0.05) is 29.1 Å². The van der Waals surface area contributed by atoms with E-state index in [9.17, 15) is 4.79 Å². The van der Waals surface area contributed by atoms with Gasteiger partial charge < -0.3 is 5.32 Å². The maximum Gasteiger partial charge on any atom is 0.272 e. The molecule has 1 N–H and O–H groups in total. The van der Waals surface area contributed by atoms with Crippen molar-refractivity contribution in [2.75, 3.05) is 0 Å². The van der Waals surface area contributed by atoms with Gasteiger partial charge in [-0.25, -0.2) is 9.36 Å². The monoisotopic (exact) mass is 425 g/mol. The Bertz CT molecular complexity index is 1300. The number of carbonyl (C=O) groups is 1. The first-order chi connectivity index (χ1) is 15.5. The Morgan fingerprint density at radius 1 is 0.938 bits per heavy atom. The number of hydrogen-bond donors (Lipinski definition) is 1. The maximum atomic E-state index is 13.2. The normalized spacial score (nSPS) is 12.7. The van der Waals surface area contributed by atoms with Crippen molar-refractivity contribution in [1.29, 1.82) is 0 Å². The molecule has 162 valence electrons. The molecule has 6 nitrogen and oxygen atoms in total. The van der Waals surface area contributed by atoms with Crippen LogP contribution in [-0.2, 0) is 19.4 Å². The molecular weight excluding hydrogens is 398 g/mol. The molecule has 4 aromatic rings. The SMILES string of the molecule is Cc1ccccc1-n1nc(C(=O)NCc2c(C)nn(-c3ccccc3)c2C)c2c1CCC2. The minimum Gasteiger partial charge on any atom is -0.346 e. The number of fused-ring (bicyclic) bond motifs is 1. The van der Waals surface area contributed by atoms with E-state index in [-0.39, 0.29) is 5.91 Å². The highest BCUT2D eigenvalue weighted by atomic mass is 16.2. The van der Waals surface area contributed by atoms with Crippen molar-refractivity contribution < 1.29 is 4.79 Å². The van der Waals surface area contributed by atoms with Crippen LogP contribution in [0.25, 0.3) is 11.4 Å². The summed E-state index contributed by atoms with van der Waals surface area (Å²) in [5, 5.41) is 12.5. The Hall–Kier alpha value is -3.67. The van der Waals surface area contributed by atoms with Gasteiger partial charge >= 0.3 is 0 Å². The van der Waals surface area contributed by atoms with E-state index in [0.717, 1.165) is 64.4 Å². The topological polar surface area (TPSA) is 64.7 Å². The van der Waals surface area contributed by atoms with Gasteiger partial charge in [-0.05, 0) is 63.8 Å². The molecule has 1 aliphatic carbocycles. The zero-order valence-electron chi connectivity index (χ0n) is 18.7. The molecule has 0 unspecified atom stereocenters. The average molecular weight is 426 g/mol. The first-order valence-corrected chi connectivity index (χ1v) is 11.1. The van der Waals surface area contributed by atoms with Crippen molar-refractivity contribution in [3.63, 3.8) is 0 Å². The number of aromatic nitrogens is 4. The molecule has 1 aliphatic rings. The summed E-state index contributed by atoms with van der Waals surface area (Å²) in [5.74, 6) is -0.123. The third-order valence-electron chi connectivity index (χ3n) is 6.36. The lowest BCUT2D eigenvalue weighted by Crippen LogP contribution is -2.25. The second-order valence-corrected chi connectivity index (χ2v) is 8.41. The number of hydrogen-bond acceptors (Lipinski definition) is 3. The highest BCUT2D eigenvalue weighted by Gasteiger charge is 2.27. The van der Waals surface area contributed by atoms with E-state index >= 15 is 0 Å². The number of nitrogens with one attached hydrogen (secondary N) is 1. The van der Waals surface area contributed by atoms with E-state index in [0.29, 0.717) is 12.2 Å². The molecule has 0 atom stereocenters. The number of carbonyl (C=O) groups excluding carboxylic acids is 1. The molecule has 0 aliphatic heterocycles. The zero-order chi connectivity index (χ0) is 22.2. The Labute approximate surface area is 187 Å². The summed E-state index contributed by atoms with van der Waals surface area (Å²) in [4.78, 5) is 13.2. The first-order valence-electron chi connectivity index (χ1n) is 11.1. The Balaban J connectivity index is 1.41. The summed E-state index contributed by atoms with van der Waals surface area (Å²) in [6.07, 6.45) is 2.90. The van der Waals surface area contributed by atoms with Crippen LogP contribution in [0.4, 0.5) is 0 Å². The molecule has 2 aromatic carbocycles. The number of amides is 1. The van der Waals surface area contributed by atoms with E-state index in [1.807, 2.05) is 65.7 Å². The van der Waals surface area contributed by atoms with Crippen LogP contribution in [0.15, 0.2) is 54.6 Å². The molecule has 0 fully saturated rings. The van der Waals surface area contributed by atoms with Crippen molar-refractivity contribution in [2.24, 2.45) is 0 Å². The lowest BCUT2D eigenvalue weighted by atomic mass is 10.1. The van der Waals surface area contributed by atoms with Crippen LogP contribution in [0, 0.1) is 20.8 Å². The van der Waals surface area contributed by atoms with Gasteiger partial charge in [-0.1, -0.05) is 36.4 Å². The predicted octanol–water partition coefficient (Wildman–Crippen LogP) is 4.40. The molecule has 0 saturated carbocycles. The highest BCUT2D eigenvalue weighted by molar-refractivity contribution is 5.94. The van der Waals surface area contributed by atoms with Crippen LogP contribution in [0.3, 0.4) is 0 Å². The summed E-state index contributed by atoms with van der Waals surface area (Å²) in [5.41, 5.74) is 8.99. The van der Waals surface area contributed by atoms with Crippen molar-refractivity contribution in [3.8, 4) is 11.4 Å². The highest BCUT2D eigenvalue weighted by Crippen LogP contribution is 2.29. The predicted molar refractivity (Wildman–Crippen MR) is 125 cm³/mol. The molecule has 32 heavy (non-hydrogen) atoms. The largest absolute Gasteiger partial charge is 0.346 e. The standard InChI is InChI=1S/C26H27N5O/c1-17-10-7-8-14-23(17)31-24-15-9-13-21(24)25(29-31)26(32)27-16-22-18(2)28-30(19(22)3)20-11-5-4-6-12-20/h4-8,10-12,14H,9,13,15-16H2,1-3H3,(H,27,32). The molecule has 0 spiro atoms. The molecule has 6 heteroatoms. The summed E-state index contributed by atoms with van der Waals surface area (Å²) in [6, 6.07) is 18.2. The second kappa shape index (κ2) is 8.11. The molecule has 0 saturated heterocycles. The Morgan fingerprint density at radius 2 is 1.69 bits per heavy atom. The zero-order valence-corrected chi connectivity index (χ0v) is 18.7. The van der Waals surface area contributed by atoms with Crippen LogP contribution in [-0.4, -0.2) is 25.5 Å². The van der Waals surface area contributed by atoms with Gasteiger partial charge in [-0.15, -0.1) is 0 Å².